The zero-order valence-corrected chi connectivity index (χ0v) is 16.5. The summed E-state index contributed by atoms with van der Waals surface area (Å²) in [6, 6.07) is 7.26. The molecule has 0 radical (unpaired) electrons. The van der Waals surface area contributed by atoms with Gasteiger partial charge in [-0.25, -0.2) is 0 Å². The number of aryl methyl sites for hydroxylation is 1. The number of benzene rings is 1. The molecule has 6 heteroatoms. The summed E-state index contributed by atoms with van der Waals surface area (Å²) in [4.78, 5) is 0. The average molecular weight is 373 g/mol. The molecule has 0 aliphatic carbocycles. The predicted molar refractivity (Wildman–Crippen MR) is 100 cm³/mol. The second-order valence-corrected chi connectivity index (χ2v) is 7.44. The van der Waals surface area contributed by atoms with Crippen molar-refractivity contribution < 1.29 is 22.1 Å². The molecule has 0 saturated heterocycles. The number of hydrogen-bond donors (Lipinski definition) is 0. The first-order valence-electron chi connectivity index (χ1n) is 9.29. The van der Waals surface area contributed by atoms with Crippen LogP contribution in [0.1, 0.15) is 64.9 Å². The number of rotatable bonds is 14. The Labute approximate surface area is 152 Å². The number of hydrogen-bond acceptors (Lipinski definition) is 5. The molecule has 0 heterocycles. The zero-order chi connectivity index (χ0) is 18.5. The Morgan fingerprint density at radius 3 is 2.12 bits per heavy atom. The molecule has 0 aliphatic heterocycles. The minimum absolute atomic E-state index is 0.229. The van der Waals surface area contributed by atoms with Gasteiger partial charge in [-0.15, -0.1) is 0 Å². The fourth-order valence-electron chi connectivity index (χ4n) is 2.54. The van der Waals surface area contributed by atoms with Crippen molar-refractivity contribution in [1.29, 1.82) is 0 Å². The van der Waals surface area contributed by atoms with Crippen LogP contribution in [0.15, 0.2) is 24.3 Å². The van der Waals surface area contributed by atoms with Crippen molar-refractivity contribution in [3.63, 3.8) is 0 Å². The molecular weight excluding hydrogens is 340 g/mol. The van der Waals surface area contributed by atoms with Crippen molar-refractivity contribution >= 4 is 10.1 Å². The third kappa shape index (κ3) is 8.21. The number of para-hydroxylation sites is 1. The molecule has 0 saturated carbocycles. The highest BCUT2D eigenvalue weighted by Crippen LogP contribution is 2.24. The van der Waals surface area contributed by atoms with Crippen molar-refractivity contribution in [3.05, 3.63) is 29.8 Å². The smallest absolute Gasteiger partial charge is 0.363 e. The monoisotopic (exact) mass is 372 g/mol. The second kappa shape index (κ2) is 12.3. The van der Waals surface area contributed by atoms with Gasteiger partial charge >= 0.3 is 15.7 Å². The largest absolute Gasteiger partial charge is 0.379 e. The average Bonchev–Trinajstić information content (AvgIpc) is 2.59. The van der Waals surface area contributed by atoms with Crippen molar-refractivity contribution in [3.8, 4) is 5.75 Å². The van der Waals surface area contributed by atoms with E-state index in [1.54, 1.807) is 26.0 Å². The van der Waals surface area contributed by atoms with E-state index in [0.717, 1.165) is 24.8 Å². The minimum Gasteiger partial charge on any atom is -0.379 e. The standard InChI is InChI=1S/C19H32O5S/c1-4-7-8-9-10-11-14-17-15-12-13-16-18(17)24-25(20,21)19(22-5-2)23-6-3/h12-13,15-16,19H,4-11,14H2,1-3H3. The summed E-state index contributed by atoms with van der Waals surface area (Å²) >= 11 is 0. The van der Waals surface area contributed by atoms with Gasteiger partial charge in [0.15, 0.2) is 0 Å². The van der Waals surface area contributed by atoms with Crippen LogP contribution in [-0.2, 0) is 26.0 Å². The van der Waals surface area contributed by atoms with E-state index >= 15 is 0 Å². The maximum atomic E-state index is 12.4. The molecule has 25 heavy (non-hydrogen) atoms. The lowest BCUT2D eigenvalue weighted by Crippen LogP contribution is -2.31. The van der Waals surface area contributed by atoms with E-state index in [9.17, 15) is 8.42 Å². The predicted octanol–water partition coefficient (Wildman–Crippen LogP) is 4.65. The maximum absolute atomic E-state index is 12.4. The quantitative estimate of drug-likeness (QED) is 0.270. The second-order valence-electron chi connectivity index (χ2n) is 5.90. The summed E-state index contributed by atoms with van der Waals surface area (Å²) < 4.78 is 40.5. The van der Waals surface area contributed by atoms with E-state index in [0.29, 0.717) is 5.75 Å². The zero-order valence-electron chi connectivity index (χ0n) is 15.7. The van der Waals surface area contributed by atoms with Gasteiger partial charge in [0.1, 0.15) is 5.75 Å². The van der Waals surface area contributed by atoms with Crippen molar-refractivity contribution in [1.82, 2.24) is 0 Å². The van der Waals surface area contributed by atoms with E-state index in [1.807, 2.05) is 12.1 Å². The first-order chi connectivity index (χ1) is 12.0. The van der Waals surface area contributed by atoms with Gasteiger partial charge in [0, 0.05) is 13.2 Å². The van der Waals surface area contributed by atoms with Gasteiger partial charge in [0.05, 0.1) is 0 Å². The highest BCUT2D eigenvalue weighted by Gasteiger charge is 2.29. The summed E-state index contributed by atoms with van der Waals surface area (Å²) in [7, 11) is -4.01. The van der Waals surface area contributed by atoms with Gasteiger partial charge in [0.2, 0.25) is 0 Å². The van der Waals surface area contributed by atoms with Crippen LogP contribution < -0.4 is 4.18 Å². The fraction of sp³-hybridized carbons (Fsp3) is 0.684. The molecule has 0 bridgehead atoms. The Hall–Kier alpha value is -1.11. The molecule has 0 aliphatic rings. The lowest BCUT2D eigenvalue weighted by Gasteiger charge is -2.18. The Balaban J connectivity index is 2.68. The maximum Gasteiger partial charge on any atom is 0.363 e. The SMILES string of the molecule is CCCCCCCCc1ccccc1OS(=O)(=O)C(OCC)OCC. The van der Waals surface area contributed by atoms with E-state index in [2.05, 4.69) is 6.92 Å². The van der Waals surface area contributed by atoms with E-state index in [-0.39, 0.29) is 13.2 Å². The molecule has 0 spiro atoms. The van der Waals surface area contributed by atoms with Crippen LogP contribution in [0.2, 0.25) is 0 Å². The fourth-order valence-corrected chi connectivity index (χ4v) is 3.64. The molecule has 0 N–H and O–H groups in total. The molecule has 1 aromatic rings. The van der Waals surface area contributed by atoms with Crippen LogP contribution in [0, 0.1) is 0 Å². The lowest BCUT2D eigenvalue weighted by molar-refractivity contribution is -0.0838. The van der Waals surface area contributed by atoms with Crippen LogP contribution in [0.4, 0.5) is 0 Å². The highest BCUT2D eigenvalue weighted by atomic mass is 32.2. The first-order valence-corrected chi connectivity index (χ1v) is 10.8. The number of unbranched alkanes of at least 4 members (excludes halogenated alkanes) is 5. The Bertz CT molecular complexity index is 565. The third-order valence-corrected chi connectivity index (χ3v) is 4.97. The van der Waals surface area contributed by atoms with Crippen LogP contribution >= 0.6 is 0 Å². The molecular formula is C19H32O5S. The highest BCUT2D eigenvalue weighted by molar-refractivity contribution is 7.87. The van der Waals surface area contributed by atoms with Crippen LogP contribution in [0.3, 0.4) is 0 Å². The van der Waals surface area contributed by atoms with Crippen molar-refractivity contribution in [2.24, 2.45) is 0 Å². The van der Waals surface area contributed by atoms with E-state index < -0.39 is 15.7 Å². The van der Waals surface area contributed by atoms with Gasteiger partial charge in [0.25, 0.3) is 0 Å². The molecule has 144 valence electrons. The normalized spacial score (nSPS) is 11.8. The number of ether oxygens (including phenoxy) is 2. The van der Waals surface area contributed by atoms with Crippen LogP contribution in [0.25, 0.3) is 0 Å². The summed E-state index contributed by atoms with van der Waals surface area (Å²) in [5.41, 5.74) is -0.502. The molecule has 1 rings (SSSR count). The van der Waals surface area contributed by atoms with Crippen LogP contribution in [0.5, 0.6) is 5.75 Å². The topological polar surface area (TPSA) is 61.8 Å². The van der Waals surface area contributed by atoms with Crippen LogP contribution in [-0.4, -0.2) is 27.3 Å². The summed E-state index contributed by atoms with van der Waals surface area (Å²) in [5, 5.41) is 0. The minimum atomic E-state index is -4.01. The molecule has 0 fully saturated rings. The molecule has 0 aromatic heterocycles. The summed E-state index contributed by atoms with van der Waals surface area (Å²) in [5.74, 6) is 0.362. The van der Waals surface area contributed by atoms with E-state index in [4.69, 9.17) is 13.7 Å². The third-order valence-electron chi connectivity index (χ3n) is 3.82. The molecule has 1 aromatic carbocycles. The Morgan fingerprint density at radius 1 is 0.880 bits per heavy atom. The lowest BCUT2D eigenvalue weighted by atomic mass is 10.0. The first kappa shape index (κ1) is 21.9. The van der Waals surface area contributed by atoms with E-state index in [1.165, 1.54) is 25.7 Å². The Morgan fingerprint density at radius 2 is 1.48 bits per heavy atom. The summed E-state index contributed by atoms with van der Waals surface area (Å²) in [6.45, 7) is 6.09. The van der Waals surface area contributed by atoms with Gasteiger partial charge < -0.3 is 13.7 Å². The van der Waals surface area contributed by atoms with Gasteiger partial charge in [-0.3, -0.25) is 0 Å². The van der Waals surface area contributed by atoms with Gasteiger partial charge in [-0.1, -0.05) is 57.2 Å². The van der Waals surface area contributed by atoms with Crippen molar-refractivity contribution in [2.75, 3.05) is 13.2 Å². The summed E-state index contributed by atoms with van der Waals surface area (Å²) in [6.07, 6.45) is 7.93. The Kier molecular flexibility index (Phi) is 10.8. The molecule has 0 atom stereocenters. The van der Waals surface area contributed by atoms with Crippen molar-refractivity contribution in [2.45, 2.75) is 71.3 Å². The molecule has 5 nitrogen and oxygen atoms in total. The van der Waals surface area contributed by atoms with Gasteiger partial charge in [-0.2, -0.15) is 8.42 Å². The molecule has 0 amide bonds. The molecule has 0 unspecified atom stereocenters. The van der Waals surface area contributed by atoms with Gasteiger partial charge in [-0.05, 0) is 38.3 Å².